The predicted molar refractivity (Wildman–Crippen MR) is 92.5 cm³/mol. The second-order valence-corrected chi connectivity index (χ2v) is 5.90. The molecule has 0 fully saturated rings. The van der Waals surface area contributed by atoms with Crippen LogP contribution >= 0.6 is 0 Å². The Bertz CT molecular complexity index is 706. The molecule has 1 aromatic heterocycles. The van der Waals surface area contributed by atoms with Gasteiger partial charge in [-0.2, -0.15) is 0 Å². The zero-order valence-electron chi connectivity index (χ0n) is 13.8. The van der Waals surface area contributed by atoms with Crippen LogP contribution in [0.3, 0.4) is 0 Å². The van der Waals surface area contributed by atoms with E-state index >= 15 is 0 Å². The summed E-state index contributed by atoms with van der Waals surface area (Å²) < 4.78 is 1.65. The number of carbonyl (C=O) groups is 1. The zero-order chi connectivity index (χ0) is 16.7. The molecule has 0 spiro atoms. The SMILES string of the molecule is Cc1ccccc1[C@H](C)CC(=O)NCCCn1ccccc1=O. The highest BCUT2D eigenvalue weighted by molar-refractivity contribution is 5.76. The molecule has 0 aliphatic carbocycles. The van der Waals surface area contributed by atoms with Gasteiger partial charge in [0, 0.05) is 31.8 Å². The number of aryl methyl sites for hydroxylation is 2. The summed E-state index contributed by atoms with van der Waals surface area (Å²) in [6.07, 6.45) is 2.99. The van der Waals surface area contributed by atoms with Gasteiger partial charge >= 0.3 is 0 Å². The lowest BCUT2D eigenvalue weighted by Gasteiger charge is -2.14. The summed E-state index contributed by atoms with van der Waals surface area (Å²) in [7, 11) is 0. The van der Waals surface area contributed by atoms with Crippen LogP contribution in [0.15, 0.2) is 53.5 Å². The summed E-state index contributed by atoms with van der Waals surface area (Å²) in [6.45, 7) is 5.35. The second kappa shape index (κ2) is 8.32. The topological polar surface area (TPSA) is 51.1 Å². The van der Waals surface area contributed by atoms with E-state index in [1.165, 1.54) is 11.1 Å². The molecule has 122 valence electrons. The first kappa shape index (κ1) is 17.0. The van der Waals surface area contributed by atoms with Gasteiger partial charge in [-0.05, 0) is 36.5 Å². The van der Waals surface area contributed by atoms with E-state index in [9.17, 15) is 9.59 Å². The van der Waals surface area contributed by atoms with Crippen molar-refractivity contribution < 1.29 is 4.79 Å². The predicted octanol–water partition coefficient (Wildman–Crippen LogP) is 2.86. The van der Waals surface area contributed by atoms with Gasteiger partial charge in [0.05, 0.1) is 0 Å². The normalized spacial score (nSPS) is 11.9. The van der Waals surface area contributed by atoms with E-state index in [0.717, 1.165) is 6.42 Å². The highest BCUT2D eigenvalue weighted by Crippen LogP contribution is 2.21. The molecule has 0 unspecified atom stereocenters. The number of hydrogen-bond acceptors (Lipinski definition) is 2. The number of aromatic nitrogens is 1. The number of benzene rings is 1. The molecule has 0 bridgehead atoms. The minimum atomic E-state index is -0.00741. The maximum Gasteiger partial charge on any atom is 0.250 e. The molecule has 4 heteroatoms. The number of pyridine rings is 1. The summed E-state index contributed by atoms with van der Waals surface area (Å²) >= 11 is 0. The van der Waals surface area contributed by atoms with Crippen molar-refractivity contribution in [2.24, 2.45) is 0 Å². The summed E-state index contributed by atoms with van der Waals surface area (Å²) in [5, 5.41) is 2.94. The van der Waals surface area contributed by atoms with E-state index < -0.39 is 0 Å². The first-order valence-electron chi connectivity index (χ1n) is 8.05. The maximum absolute atomic E-state index is 12.0. The molecule has 1 N–H and O–H groups in total. The number of nitrogens with one attached hydrogen (secondary N) is 1. The largest absolute Gasteiger partial charge is 0.356 e. The van der Waals surface area contributed by atoms with Gasteiger partial charge in [-0.1, -0.05) is 37.3 Å². The Morgan fingerprint density at radius 3 is 2.65 bits per heavy atom. The zero-order valence-corrected chi connectivity index (χ0v) is 13.8. The highest BCUT2D eigenvalue weighted by atomic mass is 16.1. The first-order valence-corrected chi connectivity index (χ1v) is 8.05. The van der Waals surface area contributed by atoms with E-state index in [0.29, 0.717) is 19.5 Å². The number of hydrogen-bond donors (Lipinski definition) is 1. The minimum absolute atomic E-state index is 0.00741. The molecule has 1 amide bonds. The van der Waals surface area contributed by atoms with Crippen molar-refractivity contribution in [3.63, 3.8) is 0 Å². The Morgan fingerprint density at radius 1 is 1.17 bits per heavy atom. The van der Waals surface area contributed by atoms with Gasteiger partial charge in [-0.15, -0.1) is 0 Å². The lowest BCUT2D eigenvalue weighted by molar-refractivity contribution is -0.121. The van der Waals surface area contributed by atoms with E-state index in [1.54, 1.807) is 22.9 Å². The smallest absolute Gasteiger partial charge is 0.250 e. The fourth-order valence-corrected chi connectivity index (χ4v) is 2.72. The molecule has 1 heterocycles. The van der Waals surface area contributed by atoms with E-state index in [2.05, 4.69) is 31.3 Å². The Morgan fingerprint density at radius 2 is 1.91 bits per heavy atom. The number of rotatable bonds is 7. The van der Waals surface area contributed by atoms with E-state index in [1.807, 2.05) is 18.2 Å². The molecular formula is C19H24N2O2. The van der Waals surface area contributed by atoms with Gasteiger partial charge < -0.3 is 9.88 Å². The van der Waals surface area contributed by atoms with Gasteiger partial charge in [-0.3, -0.25) is 9.59 Å². The Balaban J connectivity index is 1.74. The van der Waals surface area contributed by atoms with Crippen LogP contribution in [0, 0.1) is 6.92 Å². The summed E-state index contributed by atoms with van der Waals surface area (Å²) in [6, 6.07) is 13.3. The Kier molecular flexibility index (Phi) is 6.15. The third-order valence-electron chi connectivity index (χ3n) is 4.01. The minimum Gasteiger partial charge on any atom is -0.356 e. The third kappa shape index (κ3) is 5.09. The monoisotopic (exact) mass is 312 g/mol. The first-order chi connectivity index (χ1) is 11.1. The summed E-state index contributed by atoms with van der Waals surface area (Å²) in [5.41, 5.74) is 2.43. The van der Waals surface area contributed by atoms with Crippen LogP contribution in [0.1, 0.15) is 36.8 Å². The van der Waals surface area contributed by atoms with Crippen LogP contribution in [0.5, 0.6) is 0 Å². The number of amides is 1. The average molecular weight is 312 g/mol. The molecule has 2 aromatic rings. The van der Waals surface area contributed by atoms with Crippen LogP contribution in [-0.2, 0) is 11.3 Å². The third-order valence-corrected chi connectivity index (χ3v) is 4.01. The summed E-state index contributed by atoms with van der Waals surface area (Å²) in [4.78, 5) is 23.6. The van der Waals surface area contributed by atoms with Gasteiger partial charge in [0.25, 0.3) is 0 Å². The quantitative estimate of drug-likeness (QED) is 0.799. The van der Waals surface area contributed by atoms with Crippen LogP contribution < -0.4 is 10.9 Å². The molecular weight excluding hydrogens is 288 g/mol. The standard InChI is InChI=1S/C19H24N2O2/c1-15-8-3-4-9-17(15)16(2)14-18(22)20-11-7-13-21-12-6-5-10-19(21)23/h3-6,8-10,12,16H,7,11,13-14H2,1-2H3,(H,20,22)/t16-/m1/s1. The van der Waals surface area contributed by atoms with Gasteiger partial charge in [-0.25, -0.2) is 0 Å². The molecule has 4 nitrogen and oxygen atoms in total. The average Bonchev–Trinajstić information content (AvgIpc) is 2.53. The molecule has 0 aliphatic rings. The van der Waals surface area contributed by atoms with Crippen molar-refractivity contribution in [2.45, 2.75) is 39.2 Å². The van der Waals surface area contributed by atoms with Crippen LogP contribution in [0.4, 0.5) is 0 Å². The van der Waals surface area contributed by atoms with E-state index in [-0.39, 0.29) is 17.4 Å². The molecule has 0 saturated carbocycles. The Labute approximate surface area is 137 Å². The van der Waals surface area contributed by atoms with Crippen LogP contribution in [-0.4, -0.2) is 17.0 Å². The van der Waals surface area contributed by atoms with E-state index in [4.69, 9.17) is 0 Å². The molecule has 2 rings (SSSR count). The molecule has 1 atom stereocenters. The van der Waals surface area contributed by atoms with Crippen molar-refractivity contribution in [3.8, 4) is 0 Å². The molecule has 0 radical (unpaired) electrons. The van der Waals surface area contributed by atoms with Crippen molar-refractivity contribution in [3.05, 3.63) is 70.1 Å². The van der Waals surface area contributed by atoms with Crippen LogP contribution in [0.2, 0.25) is 0 Å². The second-order valence-electron chi connectivity index (χ2n) is 5.90. The fourth-order valence-electron chi connectivity index (χ4n) is 2.72. The van der Waals surface area contributed by atoms with Gasteiger partial charge in [0.2, 0.25) is 11.5 Å². The van der Waals surface area contributed by atoms with Crippen molar-refractivity contribution in [1.29, 1.82) is 0 Å². The maximum atomic E-state index is 12.0. The molecule has 1 aromatic carbocycles. The number of carbonyl (C=O) groups excluding carboxylic acids is 1. The summed E-state index contributed by atoms with van der Waals surface area (Å²) in [5.74, 6) is 0.258. The van der Waals surface area contributed by atoms with Crippen LogP contribution in [0.25, 0.3) is 0 Å². The van der Waals surface area contributed by atoms with Gasteiger partial charge in [0.15, 0.2) is 0 Å². The lowest BCUT2D eigenvalue weighted by atomic mass is 9.93. The molecule has 0 saturated heterocycles. The van der Waals surface area contributed by atoms with Crippen molar-refractivity contribution in [1.82, 2.24) is 9.88 Å². The molecule has 0 aliphatic heterocycles. The van der Waals surface area contributed by atoms with Crippen molar-refractivity contribution >= 4 is 5.91 Å². The number of nitrogens with zero attached hydrogens (tertiary/aromatic N) is 1. The lowest BCUT2D eigenvalue weighted by Crippen LogP contribution is -2.27. The molecule has 23 heavy (non-hydrogen) atoms. The highest BCUT2D eigenvalue weighted by Gasteiger charge is 2.12. The Hall–Kier alpha value is -2.36. The van der Waals surface area contributed by atoms with Gasteiger partial charge in [0.1, 0.15) is 0 Å². The fraction of sp³-hybridized carbons (Fsp3) is 0.368. The van der Waals surface area contributed by atoms with Crippen molar-refractivity contribution in [2.75, 3.05) is 6.54 Å².